The van der Waals surface area contributed by atoms with E-state index in [1.54, 1.807) is 17.5 Å². The van der Waals surface area contributed by atoms with E-state index < -0.39 is 11.5 Å². The van der Waals surface area contributed by atoms with Crippen molar-refractivity contribution < 1.29 is 9.90 Å². The van der Waals surface area contributed by atoms with Gasteiger partial charge in [-0.1, -0.05) is 0 Å². The number of thiazole rings is 1. The lowest BCUT2D eigenvalue weighted by atomic mass is 10.4. The second kappa shape index (κ2) is 5.61. The summed E-state index contributed by atoms with van der Waals surface area (Å²) in [5.74, 6) is -0.863. The van der Waals surface area contributed by atoms with Gasteiger partial charge >= 0.3 is 5.97 Å². The molecule has 0 saturated carbocycles. The van der Waals surface area contributed by atoms with Crippen LogP contribution in [0.5, 0.6) is 0 Å². The van der Waals surface area contributed by atoms with Crippen molar-refractivity contribution in [3.05, 3.63) is 39.3 Å². The fraction of sp³-hybridized carbons (Fsp3) is 0.273. The molecule has 2 heterocycles. The molecule has 1 N–H and O–H groups in total. The van der Waals surface area contributed by atoms with Crippen LogP contribution in [0.1, 0.15) is 5.69 Å². The van der Waals surface area contributed by atoms with E-state index >= 15 is 0 Å². The summed E-state index contributed by atoms with van der Waals surface area (Å²) >= 11 is 1.47. The van der Waals surface area contributed by atoms with Crippen molar-refractivity contribution in [2.75, 3.05) is 11.9 Å². The van der Waals surface area contributed by atoms with Crippen LogP contribution in [0.4, 0.5) is 5.82 Å². The van der Waals surface area contributed by atoms with E-state index in [1.165, 1.54) is 23.7 Å². The van der Waals surface area contributed by atoms with Crippen LogP contribution in [0.15, 0.2) is 28.1 Å². The van der Waals surface area contributed by atoms with Crippen LogP contribution >= 0.6 is 11.3 Å². The first kappa shape index (κ1) is 13.2. The van der Waals surface area contributed by atoms with Crippen molar-refractivity contribution >= 4 is 23.1 Å². The number of hydrogen-bond acceptors (Lipinski definition) is 6. The highest BCUT2D eigenvalue weighted by atomic mass is 32.1. The predicted octanol–water partition coefficient (Wildman–Crippen LogP) is 0.421. The third kappa shape index (κ3) is 3.16. The molecule has 0 saturated heterocycles. The zero-order valence-electron chi connectivity index (χ0n) is 10.2. The molecule has 7 nitrogen and oxygen atoms in total. The maximum absolute atomic E-state index is 12.1. The van der Waals surface area contributed by atoms with Crippen molar-refractivity contribution in [1.82, 2.24) is 14.5 Å². The fourth-order valence-corrected chi connectivity index (χ4v) is 2.15. The highest BCUT2D eigenvalue weighted by Crippen LogP contribution is 2.08. The average molecular weight is 280 g/mol. The number of aromatic nitrogens is 3. The molecular formula is C11H12N4O3S. The average Bonchev–Trinajstić information content (AvgIpc) is 2.84. The van der Waals surface area contributed by atoms with E-state index in [-0.39, 0.29) is 12.4 Å². The van der Waals surface area contributed by atoms with Crippen LogP contribution < -0.4 is 10.5 Å². The van der Waals surface area contributed by atoms with Gasteiger partial charge in [0.1, 0.15) is 6.54 Å². The van der Waals surface area contributed by atoms with Gasteiger partial charge in [-0.2, -0.15) is 0 Å². The van der Waals surface area contributed by atoms with Crippen LogP contribution in [-0.2, 0) is 17.9 Å². The van der Waals surface area contributed by atoms with Crippen molar-refractivity contribution in [3.63, 3.8) is 0 Å². The van der Waals surface area contributed by atoms with E-state index in [4.69, 9.17) is 5.11 Å². The van der Waals surface area contributed by atoms with Crippen LogP contribution in [0, 0.1) is 0 Å². The van der Waals surface area contributed by atoms with Gasteiger partial charge in [0.05, 0.1) is 17.7 Å². The minimum absolute atomic E-state index is 0.205. The van der Waals surface area contributed by atoms with Gasteiger partial charge in [-0.3, -0.25) is 14.2 Å². The fourth-order valence-electron chi connectivity index (χ4n) is 1.60. The molecule has 0 unspecified atom stereocenters. The topological polar surface area (TPSA) is 88.3 Å². The van der Waals surface area contributed by atoms with E-state index in [2.05, 4.69) is 9.97 Å². The Kier molecular flexibility index (Phi) is 3.91. The number of nitrogens with zero attached hydrogens (tertiary/aromatic N) is 4. The van der Waals surface area contributed by atoms with Crippen LogP contribution in [-0.4, -0.2) is 32.7 Å². The van der Waals surface area contributed by atoms with Gasteiger partial charge in [-0.15, -0.1) is 11.3 Å². The molecule has 0 aliphatic carbocycles. The smallest absolute Gasteiger partial charge is 0.323 e. The van der Waals surface area contributed by atoms with Crippen molar-refractivity contribution in [3.8, 4) is 0 Å². The Hall–Kier alpha value is -2.22. The molecule has 19 heavy (non-hydrogen) atoms. The van der Waals surface area contributed by atoms with Crippen LogP contribution in [0.25, 0.3) is 0 Å². The van der Waals surface area contributed by atoms with E-state index in [0.717, 1.165) is 10.3 Å². The van der Waals surface area contributed by atoms with Gasteiger partial charge in [0, 0.05) is 24.8 Å². The Morgan fingerprint density at radius 2 is 2.32 bits per heavy atom. The molecule has 2 aromatic heterocycles. The Labute approximate surface area is 112 Å². The molecule has 0 bridgehead atoms. The van der Waals surface area contributed by atoms with Gasteiger partial charge in [0.15, 0.2) is 5.82 Å². The first-order valence-corrected chi connectivity index (χ1v) is 6.37. The molecule has 0 aliphatic rings. The second-order valence-corrected chi connectivity index (χ2v) is 4.63. The van der Waals surface area contributed by atoms with Crippen molar-refractivity contribution in [2.45, 2.75) is 13.1 Å². The van der Waals surface area contributed by atoms with E-state index in [0.29, 0.717) is 6.54 Å². The van der Waals surface area contributed by atoms with E-state index in [1.807, 2.05) is 5.38 Å². The second-order valence-electron chi connectivity index (χ2n) is 3.91. The van der Waals surface area contributed by atoms with E-state index in [9.17, 15) is 9.59 Å². The highest BCUT2D eigenvalue weighted by molar-refractivity contribution is 7.07. The number of anilines is 1. The molecule has 100 valence electrons. The van der Waals surface area contributed by atoms with Crippen LogP contribution in [0.3, 0.4) is 0 Å². The molecule has 0 radical (unpaired) electrons. The maximum Gasteiger partial charge on any atom is 0.323 e. The predicted molar refractivity (Wildman–Crippen MR) is 70.4 cm³/mol. The summed E-state index contributed by atoms with van der Waals surface area (Å²) in [4.78, 5) is 32.5. The number of carbonyl (C=O) groups is 1. The number of carboxylic acids is 1. The number of hydrogen-bond donors (Lipinski definition) is 1. The summed E-state index contributed by atoms with van der Waals surface area (Å²) in [6.07, 6.45) is 2.77. The van der Waals surface area contributed by atoms with Gasteiger partial charge < -0.3 is 10.0 Å². The van der Waals surface area contributed by atoms with Crippen molar-refractivity contribution in [1.29, 1.82) is 0 Å². The van der Waals surface area contributed by atoms with Gasteiger partial charge in [-0.25, -0.2) is 9.97 Å². The van der Waals surface area contributed by atoms with Gasteiger partial charge in [0.2, 0.25) is 0 Å². The van der Waals surface area contributed by atoms with Crippen LogP contribution in [0.2, 0.25) is 0 Å². The molecule has 0 amide bonds. The lowest BCUT2D eigenvalue weighted by molar-refractivity contribution is -0.137. The molecule has 0 fully saturated rings. The molecular weight excluding hydrogens is 268 g/mol. The van der Waals surface area contributed by atoms with Crippen molar-refractivity contribution in [2.24, 2.45) is 0 Å². The number of rotatable bonds is 5. The quantitative estimate of drug-likeness (QED) is 0.854. The first-order chi connectivity index (χ1) is 9.08. The normalized spacial score (nSPS) is 10.4. The molecule has 0 spiro atoms. The molecule has 0 aromatic carbocycles. The largest absolute Gasteiger partial charge is 0.480 e. The number of aliphatic carboxylic acids is 1. The highest BCUT2D eigenvalue weighted by Gasteiger charge is 2.12. The summed E-state index contributed by atoms with van der Waals surface area (Å²) in [7, 11) is 1.72. The third-order valence-corrected chi connectivity index (χ3v) is 3.08. The lowest BCUT2D eigenvalue weighted by Gasteiger charge is -2.16. The standard InChI is InChI=1S/C11H12N4O3S/c1-14(4-8-6-19-7-13-8)10-11(18)15(3-2-12-10)5-9(16)17/h2-3,6-7H,4-5H2,1H3,(H,16,17). The summed E-state index contributed by atoms with van der Waals surface area (Å²) in [5, 5.41) is 10.6. The Morgan fingerprint density at radius 1 is 1.53 bits per heavy atom. The summed E-state index contributed by atoms with van der Waals surface area (Å²) in [6.45, 7) is 0.0711. The minimum Gasteiger partial charge on any atom is -0.480 e. The Bertz CT molecular complexity index is 623. The first-order valence-electron chi connectivity index (χ1n) is 5.43. The summed E-state index contributed by atoms with van der Waals surface area (Å²) in [5.41, 5.74) is 2.12. The minimum atomic E-state index is -1.07. The summed E-state index contributed by atoms with van der Waals surface area (Å²) < 4.78 is 1.11. The maximum atomic E-state index is 12.1. The zero-order chi connectivity index (χ0) is 13.8. The molecule has 0 aliphatic heterocycles. The molecule has 8 heteroatoms. The van der Waals surface area contributed by atoms with Gasteiger partial charge in [-0.05, 0) is 0 Å². The monoisotopic (exact) mass is 280 g/mol. The Balaban J connectivity index is 2.24. The third-order valence-electron chi connectivity index (χ3n) is 2.45. The molecule has 2 rings (SSSR count). The number of carboxylic acid groups (broad SMARTS) is 1. The zero-order valence-corrected chi connectivity index (χ0v) is 11.0. The molecule has 2 aromatic rings. The SMILES string of the molecule is CN(Cc1cscn1)c1nccn(CC(=O)O)c1=O. The summed E-state index contributed by atoms with van der Waals surface area (Å²) in [6, 6.07) is 0. The molecule has 0 atom stereocenters. The lowest BCUT2D eigenvalue weighted by Crippen LogP contribution is -2.31. The Morgan fingerprint density at radius 3 is 2.95 bits per heavy atom. The van der Waals surface area contributed by atoms with Gasteiger partial charge in [0.25, 0.3) is 5.56 Å².